The number of rotatable bonds is 1. The summed E-state index contributed by atoms with van der Waals surface area (Å²) in [4.78, 5) is 10.4. The Morgan fingerprint density at radius 1 is 1.19 bits per heavy atom. The van der Waals surface area contributed by atoms with E-state index in [1.807, 2.05) is 0 Å². The van der Waals surface area contributed by atoms with Crippen molar-refractivity contribution in [2.24, 2.45) is 0 Å². The Bertz CT molecular complexity index is 712. The summed E-state index contributed by atoms with van der Waals surface area (Å²) in [6, 6.07) is 4.23. The van der Waals surface area contributed by atoms with Crippen LogP contribution in [0.5, 0.6) is 5.75 Å². The molecule has 2 N–H and O–H groups in total. The Balaban J connectivity index is 2.91. The smallest absolute Gasteiger partial charge is 0.336 e. The van der Waals surface area contributed by atoms with E-state index in [0.29, 0.717) is 0 Å². The summed E-state index contributed by atoms with van der Waals surface area (Å²) in [6.45, 7) is 0. The first-order valence-electron chi connectivity index (χ1n) is 4.12. The second-order valence-electron chi connectivity index (χ2n) is 3.08. The first-order valence-corrected chi connectivity index (χ1v) is 5.56. The van der Waals surface area contributed by atoms with Gasteiger partial charge < -0.3 is 9.52 Å². The largest absolute Gasteiger partial charge is 0.507 e. The molecule has 84 valence electrons. The fourth-order valence-electron chi connectivity index (χ4n) is 1.28. The third-order valence-corrected chi connectivity index (χ3v) is 2.82. The molecule has 2 rings (SSSR count). The molecule has 0 aliphatic heterocycles. The van der Waals surface area contributed by atoms with Gasteiger partial charge in [-0.1, -0.05) is 0 Å². The summed E-state index contributed by atoms with van der Waals surface area (Å²) in [5.74, 6) is -0.395. The van der Waals surface area contributed by atoms with Crippen molar-refractivity contribution in [3.63, 3.8) is 0 Å². The Morgan fingerprint density at radius 3 is 2.50 bits per heavy atom. The Hall–Kier alpha value is -1.86. The zero-order chi connectivity index (χ0) is 11.9. The van der Waals surface area contributed by atoms with Gasteiger partial charge >= 0.3 is 5.63 Å². The van der Waals surface area contributed by atoms with Crippen LogP contribution >= 0.6 is 0 Å². The average molecular weight is 242 g/mol. The van der Waals surface area contributed by atoms with Gasteiger partial charge in [-0.15, -0.1) is 0 Å². The van der Waals surface area contributed by atoms with Crippen LogP contribution in [0.3, 0.4) is 0 Å². The molecule has 1 heterocycles. The third kappa shape index (κ3) is 1.77. The third-order valence-electron chi connectivity index (χ3n) is 1.99. The molecule has 0 spiro atoms. The van der Waals surface area contributed by atoms with Crippen LogP contribution in [-0.2, 0) is 10.1 Å². The lowest BCUT2D eigenvalue weighted by atomic mass is 10.2. The van der Waals surface area contributed by atoms with Gasteiger partial charge in [0.05, 0.1) is 5.39 Å². The first-order chi connectivity index (χ1) is 7.38. The van der Waals surface area contributed by atoms with E-state index < -0.39 is 26.4 Å². The molecule has 2 aromatic rings. The molecular weight excluding hydrogens is 236 g/mol. The van der Waals surface area contributed by atoms with E-state index >= 15 is 0 Å². The molecule has 16 heavy (non-hydrogen) atoms. The predicted molar refractivity (Wildman–Crippen MR) is 54.0 cm³/mol. The summed E-state index contributed by atoms with van der Waals surface area (Å²) < 4.78 is 35.1. The van der Waals surface area contributed by atoms with E-state index in [0.717, 1.165) is 18.2 Å². The second-order valence-corrected chi connectivity index (χ2v) is 4.51. The van der Waals surface area contributed by atoms with Crippen molar-refractivity contribution < 1.29 is 22.5 Å². The van der Waals surface area contributed by atoms with Gasteiger partial charge in [0.2, 0.25) is 0 Å². The lowest BCUT2D eigenvalue weighted by Gasteiger charge is -2.02. The Labute approximate surface area is 89.5 Å². The van der Waals surface area contributed by atoms with E-state index in [1.165, 1.54) is 6.07 Å². The highest BCUT2D eigenvalue weighted by Crippen LogP contribution is 2.27. The summed E-state index contributed by atoms with van der Waals surface area (Å²) >= 11 is 0. The molecule has 0 unspecified atom stereocenters. The average Bonchev–Trinajstić information content (AvgIpc) is 2.15. The highest BCUT2D eigenvalue weighted by molar-refractivity contribution is 7.85. The van der Waals surface area contributed by atoms with Crippen molar-refractivity contribution in [1.82, 2.24) is 0 Å². The van der Waals surface area contributed by atoms with E-state index in [9.17, 15) is 18.3 Å². The van der Waals surface area contributed by atoms with Gasteiger partial charge in [-0.3, -0.25) is 4.55 Å². The Morgan fingerprint density at radius 2 is 1.88 bits per heavy atom. The lowest BCUT2D eigenvalue weighted by Crippen LogP contribution is -1.99. The van der Waals surface area contributed by atoms with Crippen LogP contribution in [-0.4, -0.2) is 18.1 Å². The minimum Gasteiger partial charge on any atom is -0.507 e. The van der Waals surface area contributed by atoms with Crippen LogP contribution in [0.15, 0.2) is 38.4 Å². The highest BCUT2D eigenvalue weighted by Gasteiger charge is 2.14. The van der Waals surface area contributed by atoms with Crippen LogP contribution in [0.4, 0.5) is 0 Å². The minimum absolute atomic E-state index is 0.111. The normalized spacial score (nSPS) is 11.8. The molecule has 0 bridgehead atoms. The van der Waals surface area contributed by atoms with Crippen LogP contribution in [0.1, 0.15) is 0 Å². The van der Waals surface area contributed by atoms with Gasteiger partial charge in [0.25, 0.3) is 10.1 Å². The number of hydrogen-bond acceptors (Lipinski definition) is 5. The Kier molecular flexibility index (Phi) is 2.21. The summed E-state index contributed by atoms with van der Waals surface area (Å²) in [5.41, 5.74) is -0.792. The molecule has 0 atom stereocenters. The first kappa shape index (κ1) is 10.7. The summed E-state index contributed by atoms with van der Waals surface area (Å²) in [6.07, 6.45) is 0. The molecular formula is C9H6O6S. The lowest BCUT2D eigenvalue weighted by molar-refractivity contribution is 0.468. The number of phenolic OH excluding ortho intramolecular Hbond substituents is 1. The molecule has 7 heteroatoms. The van der Waals surface area contributed by atoms with Crippen molar-refractivity contribution in [3.05, 3.63) is 34.7 Å². The quantitative estimate of drug-likeness (QED) is 0.564. The molecule has 0 radical (unpaired) electrons. The molecule has 0 amide bonds. The molecule has 0 aliphatic rings. The molecule has 0 aliphatic carbocycles. The van der Waals surface area contributed by atoms with Crippen molar-refractivity contribution in [2.45, 2.75) is 4.90 Å². The van der Waals surface area contributed by atoms with Crippen LogP contribution < -0.4 is 5.63 Å². The molecule has 0 fully saturated rings. The van der Waals surface area contributed by atoms with Gasteiger partial charge in [0.15, 0.2) is 0 Å². The van der Waals surface area contributed by atoms with Crippen molar-refractivity contribution in [3.8, 4) is 5.75 Å². The van der Waals surface area contributed by atoms with Crippen LogP contribution in [0, 0.1) is 0 Å². The number of phenols is 1. The molecule has 1 aromatic heterocycles. The van der Waals surface area contributed by atoms with Gasteiger partial charge in [0, 0.05) is 18.2 Å². The standard InChI is InChI=1S/C9H6O6S/c10-7-3-5(16(12,13)14)4-8-6(7)1-2-9(11)15-8/h1-4,10H,(H,12,13,14). The van der Waals surface area contributed by atoms with E-state index in [2.05, 4.69) is 4.42 Å². The number of benzene rings is 1. The maximum absolute atomic E-state index is 10.9. The van der Waals surface area contributed by atoms with Gasteiger partial charge in [0.1, 0.15) is 16.2 Å². The van der Waals surface area contributed by atoms with E-state index in [-0.39, 0.29) is 11.0 Å². The molecule has 0 saturated heterocycles. The maximum Gasteiger partial charge on any atom is 0.336 e. The van der Waals surface area contributed by atoms with Crippen LogP contribution in [0.2, 0.25) is 0 Å². The van der Waals surface area contributed by atoms with Crippen molar-refractivity contribution >= 4 is 21.1 Å². The van der Waals surface area contributed by atoms with Gasteiger partial charge in [-0.2, -0.15) is 8.42 Å². The maximum atomic E-state index is 10.9. The monoisotopic (exact) mass is 242 g/mol. The summed E-state index contributed by atoms with van der Waals surface area (Å²) in [7, 11) is -4.45. The number of hydrogen-bond donors (Lipinski definition) is 2. The van der Waals surface area contributed by atoms with E-state index in [4.69, 9.17) is 4.55 Å². The SMILES string of the molecule is O=c1ccc2c(O)cc(S(=O)(=O)O)cc2o1. The zero-order valence-corrected chi connectivity index (χ0v) is 8.56. The number of fused-ring (bicyclic) bond motifs is 1. The zero-order valence-electron chi connectivity index (χ0n) is 7.75. The van der Waals surface area contributed by atoms with E-state index in [1.54, 1.807) is 0 Å². The molecule has 1 aromatic carbocycles. The predicted octanol–water partition coefficient (Wildman–Crippen LogP) is 0.745. The van der Waals surface area contributed by atoms with Gasteiger partial charge in [-0.05, 0) is 6.07 Å². The second kappa shape index (κ2) is 3.32. The molecule has 6 nitrogen and oxygen atoms in total. The summed E-state index contributed by atoms with van der Waals surface area (Å²) in [5, 5.41) is 9.66. The molecule has 0 saturated carbocycles. The minimum atomic E-state index is -4.45. The van der Waals surface area contributed by atoms with Crippen LogP contribution in [0.25, 0.3) is 11.0 Å². The van der Waals surface area contributed by atoms with Gasteiger partial charge in [-0.25, -0.2) is 4.79 Å². The van der Waals surface area contributed by atoms with Crippen molar-refractivity contribution in [1.29, 1.82) is 0 Å². The fraction of sp³-hybridized carbons (Fsp3) is 0. The topological polar surface area (TPSA) is 105 Å². The fourth-order valence-corrected chi connectivity index (χ4v) is 1.80. The van der Waals surface area contributed by atoms with Crippen molar-refractivity contribution in [2.75, 3.05) is 0 Å². The highest BCUT2D eigenvalue weighted by atomic mass is 32.2. The number of aromatic hydroxyl groups is 1.